The fourth-order valence-electron chi connectivity index (χ4n) is 10.9. The van der Waals surface area contributed by atoms with Gasteiger partial charge < -0.3 is 80.3 Å². The number of rotatable bonds is 12. The topological polar surface area (TPSA) is 304 Å². The number of alkyl carbamates (subject to hydrolysis) is 3. The van der Waals surface area contributed by atoms with Crippen molar-refractivity contribution in [2.45, 2.75) is 261 Å². The number of nitrogens with two attached hydrogens (primary N) is 2. The minimum absolute atomic E-state index is 0. The quantitative estimate of drug-likeness (QED) is 0.0617. The number of hydrogen-bond acceptors (Lipinski definition) is 15. The third-order valence-electron chi connectivity index (χ3n) is 17.0. The molecule has 0 unspecified atom stereocenters. The predicted octanol–water partition coefficient (Wildman–Crippen LogP) is 11.9. The third-order valence-corrected chi connectivity index (χ3v) is 18.3. The lowest BCUT2D eigenvalue weighted by Gasteiger charge is -2.45. The molecule has 1 aliphatic heterocycles. The minimum atomic E-state index is -0.539. The third kappa shape index (κ3) is 23.3. The van der Waals surface area contributed by atoms with Crippen LogP contribution in [0.15, 0.2) is 50.2 Å². The Morgan fingerprint density at radius 1 is 0.551 bits per heavy atom. The van der Waals surface area contributed by atoms with Gasteiger partial charge in [0.2, 0.25) is 0 Å². The van der Waals surface area contributed by atoms with Crippen LogP contribution in [-0.4, -0.2) is 138 Å². The van der Waals surface area contributed by atoms with Crippen molar-refractivity contribution in [2.24, 2.45) is 11.5 Å². The first kappa shape index (κ1) is 77.1. The molecule has 6 saturated carbocycles. The highest BCUT2D eigenvalue weighted by molar-refractivity contribution is 9.11. The molecule has 504 valence electrons. The van der Waals surface area contributed by atoms with Crippen LogP contribution in [-0.2, 0) is 43.3 Å². The van der Waals surface area contributed by atoms with E-state index in [2.05, 4.69) is 80.5 Å². The second-order valence-electron chi connectivity index (χ2n) is 28.0. The van der Waals surface area contributed by atoms with Gasteiger partial charge in [-0.25, -0.2) is 24.0 Å². The number of hydrogen-bond donors (Lipinski definition) is 8. The number of aliphatic hydroxyl groups is 2. The number of carbonyl (C=O) groups is 6. The zero-order valence-corrected chi connectivity index (χ0v) is 59.9. The maximum absolute atomic E-state index is 12.1. The normalized spacial score (nSPS) is 19.3. The Morgan fingerprint density at radius 3 is 1.22 bits per heavy atom. The van der Waals surface area contributed by atoms with E-state index < -0.39 is 40.5 Å². The standard InChI is InChI=1S/C16H23BrN2O4.C11H15BrN2O2.C11H21NO2.C10H11BrN2O.C10H19NO3.C5H11NO.ClH/c1-15(2,3)23-14(21)18-16(6-5-7-16)10-19-9-11(17)8-12(19)13(20)22-4;1-16-10(15)9-5-8(12)6-14(9)7-11(13)3-2-4-11;1-5-11(7-6-8-11)12-9(13)14-10(2,3)4;11-7-4-8-9(14)12-10(2-1-3-10)6-13(8)5-7;1-9(2,3)14-8(13)11-10(7-12)5-4-6-10;6-5(4-7)2-1-3-5;/h8-9H,5-7,10H2,1-4H3,(H,18,21);5-6H,2-4,7,13H2,1H3;5-8H2,1-4H3,(H,12,13);4-5H,1-3,6H2,(H,12,14);12H,4-7H2,1-3H3,(H,11,13);7H,1-4,6H2;1H. The number of nitrogens with zero attached hydrogens (tertiary/aromatic N) is 3. The van der Waals surface area contributed by atoms with Crippen molar-refractivity contribution in [3.8, 4) is 0 Å². The van der Waals surface area contributed by atoms with E-state index in [1.54, 1.807) is 12.1 Å². The average Bonchev–Trinajstić information content (AvgIpc) is 2.16. The van der Waals surface area contributed by atoms with E-state index in [-0.39, 0.29) is 71.3 Å². The molecular weight excluding hydrogens is 1370 g/mol. The monoisotopic (exact) mass is 1460 g/mol. The van der Waals surface area contributed by atoms with Crippen LogP contribution >= 0.6 is 60.2 Å². The first-order chi connectivity index (χ1) is 40.9. The van der Waals surface area contributed by atoms with Crippen molar-refractivity contribution < 1.29 is 62.7 Å². The number of halogens is 4. The smallest absolute Gasteiger partial charge is 0.408 e. The number of nitrogens with one attached hydrogen (secondary N) is 4. The lowest BCUT2D eigenvalue weighted by molar-refractivity contribution is 0.0262. The summed E-state index contributed by atoms with van der Waals surface area (Å²) in [7, 11) is 2.74. The summed E-state index contributed by atoms with van der Waals surface area (Å²) < 4.78 is 33.6. The lowest BCUT2D eigenvalue weighted by Crippen LogP contribution is -2.59. The number of ether oxygens (including phenoxy) is 5. The number of aromatic nitrogens is 3. The molecule has 4 heterocycles. The van der Waals surface area contributed by atoms with E-state index in [1.807, 2.05) is 96.1 Å². The zero-order chi connectivity index (χ0) is 65.7. The first-order valence-corrected chi connectivity index (χ1v) is 33.1. The molecule has 0 radical (unpaired) electrons. The fourth-order valence-corrected chi connectivity index (χ4v) is 12.3. The van der Waals surface area contributed by atoms with Gasteiger partial charge in [0, 0.05) is 68.3 Å². The average molecular weight is 1470 g/mol. The first-order valence-electron chi connectivity index (χ1n) is 30.8. The van der Waals surface area contributed by atoms with Gasteiger partial charge in [-0.15, -0.1) is 12.4 Å². The van der Waals surface area contributed by atoms with Gasteiger partial charge in [-0.05, 0) is 250 Å². The van der Waals surface area contributed by atoms with Crippen LogP contribution in [0.2, 0.25) is 0 Å². The zero-order valence-electron chi connectivity index (χ0n) is 54.4. The summed E-state index contributed by atoms with van der Waals surface area (Å²) in [6, 6.07) is 5.35. The highest BCUT2D eigenvalue weighted by atomic mass is 79.9. The van der Waals surface area contributed by atoms with Crippen molar-refractivity contribution in [1.29, 1.82) is 0 Å². The fraction of sp³-hybridized carbons (Fsp3) is 0.714. The number of amides is 4. The molecule has 3 aromatic heterocycles. The van der Waals surface area contributed by atoms with Gasteiger partial charge in [0.05, 0.1) is 44.1 Å². The molecule has 7 aliphatic rings. The summed E-state index contributed by atoms with van der Waals surface area (Å²) >= 11 is 10.1. The highest BCUT2D eigenvalue weighted by Gasteiger charge is 2.44. The Balaban J connectivity index is 0.000000233. The SMILES string of the molecule is CC(C)(C)OC(=O)NC1(CO)CCC1.CCC1(NC(=O)OC(C)(C)C)CCC1.COC(=O)c1cc(Br)cn1CC1(N)CCC1.COC(=O)c1cc(Br)cn1CC1(NC(=O)OC(C)(C)C)CCC1.Cl.NC1(CO)CCC1.O=C1NC2(CCC2)Cn2cc(Br)cc21. The summed E-state index contributed by atoms with van der Waals surface area (Å²) in [5.41, 5.74) is 11.0. The molecule has 0 atom stereocenters. The Hall–Kier alpha value is -4.37. The number of aliphatic hydroxyl groups excluding tert-OH is 2. The van der Waals surface area contributed by atoms with Gasteiger partial charge in [0.25, 0.3) is 5.91 Å². The van der Waals surface area contributed by atoms with Gasteiger partial charge in [0.1, 0.15) is 33.9 Å². The second kappa shape index (κ2) is 32.0. The molecule has 0 saturated heterocycles. The predicted molar refractivity (Wildman–Crippen MR) is 354 cm³/mol. The number of esters is 2. The van der Waals surface area contributed by atoms with Crippen molar-refractivity contribution in [2.75, 3.05) is 27.4 Å². The van der Waals surface area contributed by atoms with Gasteiger partial charge >= 0.3 is 30.2 Å². The Morgan fingerprint density at radius 2 is 0.921 bits per heavy atom. The van der Waals surface area contributed by atoms with Crippen molar-refractivity contribution in [3.63, 3.8) is 0 Å². The molecule has 4 amide bonds. The Bertz CT molecular complexity index is 2780. The van der Waals surface area contributed by atoms with Crippen LogP contribution in [0.25, 0.3) is 0 Å². The van der Waals surface area contributed by atoms with Crippen molar-refractivity contribution in [3.05, 3.63) is 67.3 Å². The van der Waals surface area contributed by atoms with E-state index >= 15 is 0 Å². The molecule has 89 heavy (non-hydrogen) atoms. The van der Waals surface area contributed by atoms with Crippen LogP contribution in [0.1, 0.15) is 223 Å². The molecule has 0 aromatic carbocycles. The minimum Gasteiger partial charge on any atom is -0.464 e. The van der Waals surface area contributed by atoms with E-state index in [4.69, 9.17) is 45.4 Å². The lowest BCUT2D eigenvalue weighted by atomic mass is 9.75. The van der Waals surface area contributed by atoms with E-state index in [9.17, 15) is 28.8 Å². The van der Waals surface area contributed by atoms with E-state index in [1.165, 1.54) is 39.9 Å². The van der Waals surface area contributed by atoms with Crippen LogP contribution in [0.3, 0.4) is 0 Å². The Kier molecular flexibility index (Phi) is 27.7. The van der Waals surface area contributed by atoms with Crippen LogP contribution in [0.5, 0.6) is 0 Å². The molecule has 0 bridgehead atoms. The van der Waals surface area contributed by atoms with Gasteiger partial charge in [-0.1, -0.05) is 6.92 Å². The van der Waals surface area contributed by atoms with Crippen LogP contribution < -0.4 is 32.7 Å². The number of carbonyl (C=O) groups excluding carboxylic acids is 6. The van der Waals surface area contributed by atoms with Crippen molar-refractivity contribution in [1.82, 2.24) is 35.0 Å². The summed E-state index contributed by atoms with van der Waals surface area (Å²) in [5.74, 6) is -0.655. The second-order valence-corrected chi connectivity index (χ2v) is 30.7. The Labute approximate surface area is 557 Å². The van der Waals surface area contributed by atoms with Gasteiger partial charge in [0.15, 0.2) is 0 Å². The molecule has 6 aliphatic carbocycles. The van der Waals surface area contributed by atoms with E-state index in [0.29, 0.717) is 24.5 Å². The summed E-state index contributed by atoms with van der Waals surface area (Å²) in [4.78, 5) is 70.1. The van der Waals surface area contributed by atoms with E-state index in [0.717, 1.165) is 122 Å². The molecule has 1 spiro atoms. The molecule has 10 N–H and O–H groups in total. The number of fused-ring (bicyclic) bond motifs is 1. The van der Waals surface area contributed by atoms with Crippen LogP contribution in [0, 0.1) is 0 Å². The molecular formula is C63H101Br3ClN9O13. The van der Waals surface area contributed by atoms with Gasteiger partial charge in [-0.2, -0.15) is 0 Å². The van der Waals surface area contributed by atoms with Gasteiger partial charge in [-0.3, -0.25) is 4.79 Å². The summed E-state index contributed by atoms with van der Waals surface area (Å²) in [5, 5.41) is 29.4. The molecule has 6 fully saturated rings. The molecule has 26 heteroatoms. The summed E-state index contributed by atoms with van der Waals surface area (Å²) in [6.07, 6.45) is 24.3. The largest absolute Gasteiger partial charge is 0.464 e. The van der Waals surface area contributed by atoms with Crippen molar-refractivity contribution >= 4 is 96.3 Å². The maximum atomic E-state index is 12.1. The number of methoxy groups -OCH3 is 2. The molecule has 3 aromatic rings. The van der Waals surface area contributed by atoms with Crippen LogP contribution in [0.4, 0.5) is 14.4 Å². The molecule has 10 rings (SSSR count). The molecule has 22 nitrogen and oxygen atoms in total. The summed E-state index contributed by atoms with van der Waals surface area (Å²) in [6.45, 7) is 21.0. The highest BCUT2D eigenvalue weighted by Crippen LogP contribution is 2.39. The maximum Gasteiger partial charge on any atom is 0.408 e.